The van der Waals surface area contributed by atoms with Gasteiger partial charge in [0.2, 0.25) is 5.88 Å². The Morgan fingerprint density at radius 2 is 1.62 bits per heavy atom. The number of rotatable bonds is 4. The highest BCUT2D eigenvalue weighted by molar-refractivity contribution is 6.31. The van der Waals surface area contributed by atoms with Gasteiger partial charge in [0.25, 0.3) is 11.8 Å². The summed E-state index contributed by atoms with van der Waals surface area (Å²) in [6.07, 6.45) is 2.59. The molecule has 0 bridgehead atoms. The van der Waals surface area contributed by atoms with Crippen LogP contribution in [0.15, 0.2) is 30.3 Å². The molecule has 0 aliphatic carbocycles. The van der Waals surface area contributed by atoms with Gasteiger partial charge in [-0.25, -0.2) is 4.98 Å². The third kappa shape index (κ3) is 4.50. The van der Waals surface area contributed by atoms with Gasteiger partial charge in [-0.2, -0.15) is 0 Å². The van der Waals surface area contributed by atoms with E-state index in [0.717, 1.165) is 19.3 Å². The van der Waals surface area contributed by atoms with E-state index in [1.54, 1.807) is 37.4 Å². The molecule has 2 amide bonds. The molecule has 2 fully saturated rings. The quantitative estimate of drug-likeness (QED) is 0.617. The van der Waals surface area contributed by atoms with Crippen molar-refractivity contribution in [3.63, 3.8) is 0 Å². The number of likely N-dealkylation sites (tertiary alicyclic amines) is 2. The van der Waals surface area contributed by atoms with Gasteiger partial charge in [-0.15, -0.1) is 0 Å². The van der Waals surface area contributed by atoms with Crippen LogP contribution in [0.25, 0.3) is 0 Å². The minimum atomic E-state index is -0.0861. The first kappa shape index (κ1) is 22.7. The number of pyridine rings is 1. The monoisotopic (exact) mass is 477 g/mol. The standard InChI is InChI=1S/C23H25Cl2N3O4/c1-31-18-4-3-16(24)13-17(18)22(30)28-10-7-23(14-28)5-8-27(9-6-23)21(29)15-11-19(25)26-20(12-15)32-2/h3-4,11-13H,5-10,14H2,1-2H3. The van der Waals surface area contributed by atoms with Crippen LogP contribution in [-0.4, -0.2) is 67.0 Å². The Kier molecular flexibility index (Phi) is 6.49. The number of benzene rings is 1. The lowest BCUT2D eigenvalue weighted by molar-refractivity contribution is 0.0564. The molecule has 0 radical (unpaired) electrons. The van der Waals surface area contributed by atoms with Crippen LogP contribution >= 0.6 is 23.2 Å². The average Bonchev–Trinajstić information content (AvgIpc) is 3.21. The lowest BCUT2D eigenvalue weighted by Gasteiger charge is -2.39. The maximum absolute atomic E-state index is 13.1. The molecule has 2 aromatic rings. The number of carbonyl (C=O) groups excluding carboxylic acids is 2. The molecule has 7 nitrogen and oxygen atoms in total. The molecule has 1 aromatic carbocycles. The maximum atomic E-state index is 13.1. The van der Waals surface area contributed by atoms with Crippen molar-refractivity contribution in [1.82, 2.24) is 14.8 Å². The largest absolute Gasteiger partial charge is 0.496 e. The summed E-state index contributed by atoms with van der Waals surface area (Å²) < 4.78 is 10.5. The first-order valence-electron chi connectivity index (χ1n) is 10.5. The highest BCUT2D eigenvalue weighted by Crippen LogP contribution is 2.41. The molecule has 0 saturated carbocycles. The number of carbonyl (C=O) groups is 2. The zero-order valence-corrected chi connectivity index (χ0v) is 19.6. The van der Waals surface area contributed by atoms with Crippen LogP contribution in [0.1, 0.15) is 40.0 Å². The molecule has 0 unspecified atom stereocenters. The topological polar surface area (TPSA) is 72.0 Å². The third-order valence-electron chi connectivity index (χ3n) is 6.46. The zero-order chi connectivity index (χ0) is 22.9. The summed E-state index contributed by atoms with van der Waals surface area (Å²) in [5.74, 6) is 0.679. The Hall–Kier alpha value is -2.51. The summed E-state index contributed by atoms with van der Waals surface area (Å²) in [6, 6.07) is 8.24. The summed E-state index contributed by atoms with van der Waals surface area (Å²) in [5, 5.41) is 0.727. The lowest BCUT2D eigenvalue weighted by Crippen LogP contribution is -2.44. The van der Waals surface area contributed by atoms with Crippen LogP contribution in [-0.2, 0) is 0 Å². The first-order chi connectivity index (χ1) is 15.3. The number of piperidine rings is 1. The smallest absolute Gasteiger partial charge is 0.257 e. The molecule has 1 aromatic heterocycles. The number of aromatic nitrogens is 1. The Bertz CT molecular complexity index is 1040. The van der Waals surface area contributed by atoms with Crippen LogP contribution in [0.3, 0.4) is 0 Å². The van der Waals surface area contributed by atoms with Gasteiger partial charge in [0, 0.05) is 42.8 Å². The number of methoxy groups -OCH3 is 2. The summed E-state index contributed by atoms with van der Waals surface area (Å²) in [6.45, 7) is 2.60. The van der Waals surface area contributed by atoms with Crippen molar-refractivity contribution in [3.8, 4) is 11.6 Å². The van der Waals surface area contributed by atoms with Crippen molar-refractivity contribution in [2.45, 2.75) is 19.3 Å². The maximum Gasteiger partial charge on any atom is 0.257 e. The fourth-order valence-electron chi connectivity index (χ4n) is 4.60. The van der Waals surface area contributed by atoms with Crippen molar-refractivity contribution in [2.24, 2.45) is 5.41 Å². The van der Waals surface area contributed by atoms with Crippen molar-refractivity contribution in [2.75, 3.05) is 40.4 Å². The summed E-state index contributed by atoms with van der Waals surface area (Å²) in [7, 11) is 3.04. The lowest BCUT2D eigenvalue weighted by atomic mass is 9.77. The number of nitrogens with zero attached hydrogens (tertiary/aromatic N) is 3. The summed E-state index contributed by atoms with van der Waals surface area (Å²) in [5.41, 5.74) is 0.966. The highest BCUT2D eigenvalue weighted by atomic mass is 35.5. The number of hydrogen-bond acceptors (Lipinski definition) is 5. The van der Waals surface area contributed by atoms with E-state index in [2.05, 4.69) is 4.98 Å². The van der Waals surface area contributed by atoms with E-state index in [9.17, 15) is 9.59 Å². The molecule has 32 heavy (non-hydrogen) atoms. The molecule has 0 N–H and O–H groups in total. The van der Waals surface area contributed by atoms with Gasteiger partial charge in [-0.3, -0.25) is 9.59 Å². The first-order valence-corrected chi connectivity index (χ1v) is 11.2. The predicted molar refractivity (Wildman–Crippen MR) is 122 cm³/mol. The Labute approximate surface area is 197 Å². The van der Waals surface area contributed by atoms with E-state index >= 15 is 0 Å². The van der Waals surface area contributed by atoms with Crippen molar-refractivity contribution < 1.29 is 19.1 Å². The molecule has 9 heteroatoms. The number of hydrogen-bond donors (Lipinski definition) is 0. The van der Waals surface area contributed by atoms with Crippen molar-refractivity contribution >= 4 is 35.0 Å². The molecule has 3 heterocycles. The molecular weight excluding hydrogens is 453 g/mol. The van der Waals surface area contributed by atoms with Crippen LogP contribution in [0.5, 0.6) is 11.6 Å². The number of ether oxygens (including phenoxy) is 2. The van der Waals surface area contributed by atoms with Gasteiger partial charge < -0.3 is 19.3 Å². The average molecular weight is 478 g/mol. The molecule has 170 valence electrons. The van der Waals surface area contributed by atoms with E-state index < -0.39 is 0 Å². The minimum Gasteiger partial charge on any atom is -0.496 e. The molecule has 2 aliphatic rings. The Morgan fingerprint density at radius 3 is 2.28 bits per heavy atom. The predicted octanol–water partition coefficient (Wildman–Crippen LogP) is 4.17. The molecule has 1 spiro atoms. The summed E-state index contributed by atoms with van der Waals surface area (Å²) in [4.78, 5) is 33.9. The van der Waals surface area contributed by atoms with E-state index in [-0.39, 0.29) is 22.4 Å². The second kappa shape index (κ2) is 9.16. The number of amides is 2. The van der Waals surface area contributed by atoms with Gasteiger partial charge in [-0.1, -0.05) is 23.2 Å². The Balaban J connectivity index is 1.41. The van der Waals surface area contributed by atoms with Gasteiger partial charge in [0.15, 0.2) is 0 Å². The Morgan fingerprint density at radius 1 is 0.938 bits per heavy atom. The minimum absolute atomic E-state index is 0.0197. The van der Waals surface area contributed by atoms with Crippen LogP contribution < -0.4 is 9.47 Å². The fraction of sp³-hybridized carbons (Fsp3) is 0.435. The van der Waals surface area contributed by atoms with Crippen LogP contribution in [0.2, 0.25) is 10.2 Å². The van der Waals surface area contributed by atoms with Gasteiger partial charge >= 0.3 is 0 Å². The molecule has 2 aliphatic heterocycles. The van der Waals surface area contributed by atoms with Crippen molar-refractivity contribution in [3.05, 3.63) is 51.6 Å². The van der Waals surface area contributed by atoms with Gasteiger partial charge in [-0.05, 0) is 48.9 Å². The van der Waals surface area contributed by atoms with Gasteiger partial charge in [0.05, 0.1) is 19.8 Å². The second-order valence-electron chi connectivity index (χ2n) is 8.33. The highest BCUT2D eigenvalue weighted by Gasteiger charge is 2.43. The normalized spacial score (nSPS) is 17.5. The molecular formula is C23H25Cl2N3O4. The molecule has 4 rings (SSSR count). The SMILES string of the molecule is COc1cc(C(=O)N2CCC3(CC2)CCN(C(=O)c2cc(Cl)ccc2OC)C3)cc(Cl)n1. The van der Waals surface area contributed by atoms with Crippen molar-refractivity contribution in [1.29, 1.82) is 0 Å². The van der Waals surface area contributed by atoms with Crippen LogP contribution in [0.4, 0.5) is 0 Å². The van der Waals surface area contributed by atoms with E-state index in [1.807, 2.05) is 9.80 Å². The summed E-state index contributed by atoms with van der Waals surface area (Å²) >= 11 is 12.1. The molecule has 2 saturated heterocycles. The van der Waals surface area contributed by atoms with Gasteiger partial charge in [0.1, 0.15) is 10.9 Å². The second-order valence-corrected chi connectivity index (χ2v) is 9.16. The van der Waals surface area contributed by atoms with E-state index in [4.69, 9.17) is 32.7 Å². The number of halogens is 2. The zero-order valence-electron chi connectivity index (χ0n) is 18.1. The molecule has 0 atom stereocenters. The third-order valence-corrected chi connectivity index (χ3v) is 6.88. The van der Waals surface area contributed by atoms with E-state index in [1.165, 1.54) is 7.11 Å². The fourth-order valence-corrected chi connectivity index (χ4v) is 4.97. The van der Waals surface area contributed by atoms with Crippen LogP contribution in [0, 0.1) is 5.41 Å². The van der Waals surface area contributed by atoms with E-state index in [0.29, 0.717) is 54.0 Å².